The maximum atomic E-state index is 13.5. The first-order valence-electron chi connectivity index (χ1n) is 12.7. The normalized spacial score (nSPS) is 10.3. The largest absolute Gasteiger partial charge is 0.336 e. The third-order valence-corrected chi connectivity index (χ3v) is 6.45. The van der Waals surface area contributed by atoms with Crippen LogP contribution in [-0.4, -0.2) is 31.9 Å². The van der Waals surface area contributed by atoms with Crippen molar-refractivity contribution in [1.82, 2.24) is 13.7 Å². The van der Waals surface area contributed by atoms with Gasteiger partial charge in [-0.1, -0.05) is 72.8 Å². The molecule has 12 heteroatoms. The van der Waals surface area contributed by atoms with Crippen molar-refractivity contribution >= 4 is 18.2 Å². The molecule has 0 N–H and O–H groups in total. The van der Waals surface area contributed by atoms with E-state index in [9.17, 15) is 28.8 Å². The van der Waals surface area contributed by atoms with Gasteiger partial charge in [-0.15, -0.1) is 0 Å². The molecule has 0 aliphatic rings. The summed E-state index contributed by atoms with van der Waals surface area (Å²) in [5.41, 5.74) is 1.83. The fourth-order valence-electron chi connectivity index (χ4n) is 4.26. The van der Waals surface area contributed by atoms with E-state index in [-0.39, 0.29) is 39.3 Å². The van der Waals surface area contributed by atoms with Gasteiger partial charge in [0.25, 0.3) is 0 Å². The zero-order valence-corrected chi connectivity index (χ0v) is 22.3. The highest BCUT2D eigenvalue weighted by molar-refractivity contribution is 5.35. The lowest BCUT2D eigenvalue weighted by Gasteiger charge is -2.15. The van der Waals surface area contributed by atoms with Crippen molar-refractivity contribution in [3.8, 4) is 0 Å². The summed E-state index contributed by atoms with van der Waals surface area (Å²) in [6, 6.07) is 20.6. The van der Waals surface area contributed by atoms with Crippen LogP contribution < -0.4 is 17.1 Å². The smallest absolute Gasteiger partial charge is 0.247 e. The zero-order valence-electron chi connectivity index (χ0n) is 22.3. The Balaban J connectivity index is 1.74. The van der Waals surface area contributed by atoms with Crippen molar-refractivity contribution in [3.63, 3.8) is 0 Å². The molecule has 210 valence electrons. The number of nitrogens with zero attached hydrogens (tertiary/aromatic N) is 6. The molecule has 3 aromatic carbocycles. The van der Waals surface area contributed by atoms with E-state index in [0.29, 0.717) is 16.7 Å². The monoisotopic (exact) mass is 564 g/mol. The average molecular weight is 565 g/mol. The second kappa shape index (κ2) is 14.0. The van der Waals surface area contributed by atoms with Crippen LogP contribution in [0.15, 0.2) is 102 Å². The summed E-state index contributed by atoms with van der Waals surface area (Å²) in [6.07, 6.45) is 4.44. The highest BCUT2D eigenvalue weighted by atomic mass is 16.2. The van der Waals surface area contributed by atoms with Crippen molar-refractivity contribution in [2.45, 2.75) is 39.3 Å². The molecule has 0 radical (unpaired) electrons. The lowest BCUT2D eigenvalue weighted by molar-refractivity contribution is 0.492. The second-order valence-electron chi connectivity index (χ2n) is 9.28. The number of aromatic nitrogens is 3. The van der Waals surface area contributed by atoms with Crippen LogP contribution in [0.4, 0.5) is 0 Å². The molecule has 4 rings (SSSR count). The third-order valence-electron chi connectivity index (χ3n) is 6.45. The number of isocyanates is 3. The van der Waals surface area contributed by atoms with Gasteiger partial charge in [0, 0.05) is 0 Å². The van der Waals surface area contributed by atoms with Crippen molar-refractivity contribution in [2.75, 3.05) is 0 Å². The minimum atomic E-state index is -0.771. The molecule has 0 spiro atoms. The van der Waals surface area contributed by atoms with Gasteiger partial charge in [0.15, 0.2) is 0 Å². The summed E-state index contributed by atoms with van der Waals surface area (Å²) in [5.74, 6) is 0. The Morgan fingerprint density at radius 1 is 0.405 bits per heavy atom. The summed E-state index contributed by atoms with van der Waals surface area (Å²) in [7, 11) is 0. The van der Waals surface area contributed by atoms with E-state index in [1.807, 2.05) is 0 Å². The predicted octanol–water partition coefficient (Wildman–Crippen LogP) is 1.82. The number of rotatable bonds is 12. The fraction of sp³-hybridized carbons (Fsp3) is 0.200. The zero-order chi connectivity index (χ0) is 29.9. The van der Waals surface area contributed by atoms with Crippen LogP contribution in [0, 0.1) is 0 Å². The standard InChI is InChI=1S/C30H24N6O6/c37-19-31-13-22-1-7-25(8-2-22)16-34-28(40)35(17-26-9-3-23(4-10-26)14-32-20-38)30(42)36(29(34)41)18-27-11-5-24(6-12-27)15-33-21-39/h1-12H,13-18H2. The molecule has 0 aliphatic carbocycles. The highest BCUT2D eigenvalue weighted by Gasteiger charge is 2.17. The van der Waals surface area contributed by atoms with Crippen LogP contribution >= 0.6 is 0 Å². The molecule has 1 heterocycles. The summed E-state index contributed by atoms with van der Waals surface area (Å²) in [4.78, 5) is 82.4. The molecular weight excluding hydrogens is 540 g/mol. The number of benzene rings is 3. The number of hydrogen-bond acceptors (Lipinski definition) is 9. The van der Waals surface area contributed by atoms with Gasteiger partial charge >= 0.3 is 17.1 Å². The van der Waals surface area contributed by atoms with E-state index in [1.54, 1.807) is 72.8 Å². The quantitative estimate of drug-likeness (QED) is 0.189. The van der Waals surface area contributed by atoms with Crippen LogP contribution in [0.5, 0.6) is 0 Å². The van der Waals surface area contributed by atoms with Gasteiger partial charge in [0.2, 0.25) is 18.2 Å². The summed E-state index contributed by atoms with van der Waals surface area (Å²) >= 11 is 0. The number of carbonyl (C=O) groups excluding carboxylic acids is 3. The minimum absolute atomic E-state index is 0.0968. The SMILES string of the molecule is O=C=NCc1ccc(Cn2c(=O)n(Cc3ccc(CN=C=O)cc3)c(=O)n(Cc3ccc(CN=C=O)cc3)c2=O)cc1. The lowest BCUT2D eigenvalue weighted by Crippen LogP contribution is -2.54. The number of aliphatic imine (C=N–C) groups is 3. The molecule has 0 aliphatic heterocycles. The molecule has 0 atom stereocenters. The van der Waals surface area contributed by atoms with Crippen LogP contribution in [0.1, 0.15) is 33.4 Å². The van der Waals surface area contributed by atoms with Gasteiger partial charge in [-0.25, -0.2) is 57.4 Å². The summed E-state index contributed by atoms with van der Waals surface area (Å²) < 4.78 is 3.00. The Kier molecular flexibility index (Phi) is 9.75. The number of hydrogen-bond donors (Lipinski definition) is 0. The first-order valence-corrected chi connectivity index (χ1v) is 12.7. The molecule has 0 unspecified atom stereocenters. The van der Waals surface area contributed by atoms with Crippen LogP contribution in [0.2, 0.25) is 0 Å². The Morgan fingerprint density at radius 2 is 0.619 bits per heavy atom. The summed E-state index contributed by atoms with van der Waals surface area (Å²) in [6.45, 7) is 0.174. The molecule has 0 saturated heterocycles. The van der Waals surface area contributed by atoms with Gasteiger partial charge in [-0.05, 0) is 33.4 Å². The second-order valence-corrected chi connectivity index (χ2v) is 9.28. The first-order chi connectivity index (χ1) is 20.4. The Bertz CT molecular complexity index is 1630. The Hall–Kier alpha value is -5.79. The molecule has 12 nitrogen and oxygen atoms in total. The first kappa shape index (κ1) is 29.2. The van der Waals surface area contributed by atoms with Crippen LogP contribution in [-0.2, 0) is 53.7 Å². The summed E-state index contributed by atoms with van der Waals surface area (Å²) in [5, 5.41) is 0. The minimum Gasteiger partial charge on any atom is -0.247 e. The maximum absolute atomic E-state index is 13.5. The molecular formula is C30H24N6O6. The van der Waals surface area contributed by atoms with Gasteiger partial charge in [-0.2, -0.15) is 0 Å². The maximum Gasteiger partial charge on any atom is 0.336 e. The van der Waals surface area contributed by atoms with E-state index in [4.69, 9.17) is 0 Å². The predicted molar refractivity (Wildman–Crippen MR) is 151 cm³/mol. The molecule has 42 heavy (non-hydrogen) atoms. The van der Waals surface area contributed by atoms with Gasteiger partial charge in [0.05, 0.1) is 39.3 Å². The molecule has 0 fully saturated rings. The van der Waals surface area contributed by atoms with E-state index < -0.39 is 17.1 Å². The molecule has 1 aromatic heterocycles. The van der Waals surface area contributed by atoms with Crippen molar-refractivity contribution < 1.29 is 14.4 Å². The van der Waals surface area contributed by atoms with E-state index in [2.05, 4.69) is 15.0 Å². The molecule has 0 bridgehead atoms. The van der Waals surface area contributed by atoms with E-state index in [1.165, 1.54) is 18.2 Å². The van der Waals surface area contributed by atoms with Crippen molar-refractivity contribution in [2.24, 2.45) is 15.0 Å². The van der Waals surface area contributed by atoms with Gasteiger partial charge in [0.1, 0.15) is 0 Å². The average Bonchev–Trinajstić information content (AvgIpc) is 3.02. The fourth-order valence-corrected chi connectivity index (χ4v) is 4.26. The van der Waals surface area contributed by atoms with Gasteiger partial charge < -0.3 is 0 Å². The highest BCUT2D eigenvalue weighted by Crippen LogP contribution is 2.09. The molecule has 0 amide bonds. The van der Waals surface area contributed by atoms with Crippen LogP contribution in [0.25, 0.3) is 0 Å². The van der Waals surface area contributed by atoms with Crippen LogP contribution in [0.3, 0.4) is 0 Å². The lowest BCUT2D eigenvalue weighted by atomic mass is 10.1. The molecule has 0 saturated carbocycles. The third kappa shape index (κ3) is 7.24. The molecule has 4 aromatic rings. The van der Waals surface area contributed by atoms with Gasteiger partial charge in [-0.3, -0.25) is 0 Å². The van der Waals surface area contributed by atoms with Crippen molar-refractivity contribution in [3.05, 3.63) is 138 Å². The Morgan fingerprint density at radius 3 is 0.833 bits per heavy atom. The van der Waals surface area contributed by atoms with E-state index >= 15 is 0 Å². The topological polar surface area (TPSA) is 154 Å². The van der Waals surface area contributed by atoms with E-state index in [0.717, 1.165) is 30.4 Å². The Labute approximate surface area is 238 Å². The van der Waals surface area contributed by atoms with Crippen molar-refractivity contribution in [1.29, 1.82) is 0 Å².